The quantitative estimate of drug-likeness (QED) is 0.756. The molecule has 1 rings (SSSR count). The van der Waals surface area contributed by atoms with Gasteiger partial charge in [-0.25, -0.2) is 0 Å². The van der Waals surface area contributed by atoms with Crippen molar-refractivity contribution in [2.75, 3.05) is 27.4 Å². The molecule has 1 N–H and O–H groups in total. The lowest BCUT2D eigenvalue weighted by Crippen LogP contribution is -2.25. The van der Waals surface area contributed by atoms with Crippen LogP contribution >= 0.6 is 0 Å². The summed E-state index contributed by atoms with van der Waals surface area (Å²) in [7, 11) is 3.39. The third-order valence-electron chi connectivity index (χ3n) is 3.71. The fraction of sp³-hybridized carbons (Fsp3) is 0.647. The minimum absolute atomic E-state index is 0.174. The monoisotopic (exact) mass is 295 g/mol. The van der Waals surface area contributed by atoms with Crippen molar-refractivity contribution < 1.29 is 14.2 Å². The predicted octanol–water partition coefficient (Wildman–Crippen LogP) is 3.56. The maximum Gasteiger partial charge on any atom is 0.161 e. The maximum atomic E-state index is 5.84. The Kier molecular flexibility index (Phi) is 6.99. The van der Waals surface area contributed by atoms with E-state index in [0.717, 1.165) is 24.5 Å². The highest BCUT2D eigenvalue weighted by Crippen LogP contribution is 2.30. The van der Waals surface area contributed by atoms with Crippen LogP contribution in [0.4, 0.5) is 0 Å². The van der Waals surface area contributed by atoms with Gasteiger partial charge in [-0.05, 0) is 45.0 Å². The summed E-state index contributed by atoms with van der Waals surface area (Å²) in [6.07, 6.45) is 0.822. The molecular formula is C17H29NO3. The minimum Gasteiger partial charge on any atom is -0.493 e. The molecule has 1 atom stereocenters. The molecule has 1 aromatic carbocycles. The summed E-state index contributed by atoms with van der Waals surface area (Å²) in [5.41, 5.74) is 1.02. The van der Waals surface area contributed by atoms with Gasteiger partial charge in [0.1, 0.15) is 0 Å². The highest BCUT2D eigenvalue weighted by Gasteiger charge is 2.17. The Balaban J connectivity index is 2.71. The van der Waals surface area contributed by atoms with E-state index < -0.39 is 0 Å². The Morgan fingerprint density at radius 2 is 1.90 bits per heavy atom. The summed E-state index contributed by atoms with van der Waals surface area (Å²) in [4.78, 5) is 0. The summed E-state index contributed by atoms with van der Waals surface area (Å²) >= 11 is 0. The fourth-order valence-electron chi connectivity index (χ4n) is 2.01. The molecule has 0 spiro atoms. The van der Waals surface area contributed by atoms with Gasteiger partial charge in [0.2, 0.25) is 0 Å². The van der Waals surface area contributed by atoms with E-state index in [1.54, 1.807) is 14.2 Å². The predicted molar refractivity (Wildman–Crippen MR) is 86.3 cm³/mol. The van der Waals surface area contributed by atoms with E-state index >= 15 is 0 Å². The Morgan fingerprint density at radius 1 is 1.19 bits per heavy atom. The number of ether oxygens (including phenoxy) is 3. The number of hydrogen-bond acceptors (Lipinski definition) is 4. The molecule has 1 unspecified atom stereocenters. The molecule has 0 aromatic heterocycles. The van der Waals surface area contributed by atoms with Crippen molar-refractivity contribution in [1.82, 2.24) is 5.32 Å². The van der Waals surface area contributed by atoms with Crippen LogP contribution in [0, 0.1) is 0 Å². The Labute approximate surface area is 128 Å². The van der Waals surface area contributed by atoms with Gasteiger partial charge in [-0.15, -0.1) is 0 Å². The molecule has 0 radical (unpaired) electrons. The van der Waals surface area contributed by atoms with Crippen LogP contribution in [0.5, 0.6) is 11.5 Å². The molecule has 0 aliphatic heterocycles. The summed E-state index contributed by atoms with van der Waals surface area (Å²) in [5.74, 6) is 1.55. The SMILES string of the molecule is CCNC(C)c1ccc(OCCC(C)(C)OC)c(OC)c1. The molecule has 1 aromatic rings. The smallest absolute Gasteiger partial charge is 0.161 e. The average molecular weight is 295 g/mol. The lowest BCUT2D eigenvalue weighted by atomic mass is 10.1. The lowest BCUT2D eigenvalue weighted by molar-refractivity contribution is 0.00525. The second-order valence-corrected chi connectivity index (χ2v) is 5.75. The zero-order valence-corrected chi connectivity index (χ0v) is 14.2. The molecule has 0 aliphatic carbocycles. The molecule has 21 heavy (non-hydrogen) atoms. The average Bonchev–Trinajstić information content (AvgIpc) is 2.47. The zero-order chi connectivity index (χ0) is 15.9. The van der Waals surface area contributed by atoms with E-state index in [0.29, 0.717) is 12.6 Å². The van der Waals surface area contributed by atoms with E-state index in [2.05, 4.69) is 39.1 Å². The van der Waals surface area contributed by atoms with Crippen LogP contribution < -0.4 is 14.8 Å². The van der Waals surface area contributed by atoms with Gasteiger partial charge >= 0.3 is 0 Å². The Morgan fingerprint density at radius 3 is 2.48 bits per heavy atom. The summed E-state index contributed by atoms with van der Waals surface area (Å²) in [6, 6.07) is 6.38. The molecule has 0 saturated carbocycles. The number of rotatable bonds is 9. The van der Waals surface area contributed by atoms with Crippen LogP contribution in [0.15, 0.2) is 18.2 Å². The third-order valence-corrected chi connectivity index (χ3v) is 3.71. The van der Waals surface area contributed by atoms with Gasteiger partial charge in [0.15, 0.2) is 11.5 Å². The minimum atomic E-state index is -0.174. The van der Waals surface area contributed by atoms with Crippen LogP contribution in [0.3, 0.4) is 0 Å². The van der Waals surface area contributed by atoms with Gasteiger partial charge in [-0.3, -0.25) is 0 Å². The van der Waals surface area contributed by atoms with Crippen molar-refractivity contribution in [3.63, 3.8) is 0 Å². The van der Waals surface area contributed by atoms with Crippen molar-refractivity contribution in [2.24, 2.45) is 0 Å². The van der Waals surface area contributed by atoms with Gasteiger partial charge in [0.05, 0.1) is 19.3 Å². The molecule has 0 bridgehead atoms. The normalized spacial score (nSPS) is 13.0. The lowest BCUT2D eigenvalue weighted by Gasteiger charge is -2.23. The van der Waals surface area contributed by atoms with Gasteiger partial charge in [0, 0.05) is 19.6 Å². The molecule has 0 fully saturated rings. The largest absolute Gasteiger partial charge is 0.493 e. The van der Waals surface area contributed by atoms with Gasteiger partial charge in [-0.1, -0.05) is 13.0 Å². The van der Waals surface area contributed by atoms with Gasteiger partial charge in [-0.2, -0.15) is 0 Å². The Bertz CT molecular complexity index is 432. The van der Waals surface area contributed by atoms with Crippen molar-refractivity contribution in [3.05, 3.63) is 23.8 Å². The van der Waals surface area contributed by atoms with Gasteiger partial charge < -0.3 is 19.5 Å². The van der Waals surface area contributed by atoms with E-state index in [-0.39, 0.29) is 5.60 Å². The third kappa shape index (κ3) is 5.56. The van der Waals surface area contributed by atoms with E-state index in [9.17, 15) is 0 Å². The highest BCUT2D eigenvalue weighted by molar-refractivity contribution is 5.43. The molecule has 120 valence electrons. The van der Waals surface area contributed by atoms with Crippen LogP contribution in [0.25, 0.3) is 0 Å². The molecular weight excluding hydrogens is 266 g/mol. The number of hydrogen-bond donors (Lipinski definition) is 1. The molecule has 0 amide bonds. The van der Waals surface area contributed by atoms with Crippen molar-refractivity contribution in [1.29, 1.82) is 0 Å². The fourth-order valence-corrected chi connectivity index (χ4v) is 2.01. The second kappa shape index (κ2) is 8.25. The van der Waals surface area contributed by atoms with E-state index in [1.165, 1.54) is 5.56 Å². The van der Waals surface area contributed by atoms with Crippen molar-refractivity contribution >= 4 is 0 Å². The summed E-state index contributed by atoms with van der Waals surface area (Å²) < 4.78 is 16.7. The Hall–Kier alpha value is -1.26. The summed E-state index contributed by atoms with van der Waals surface area (Å²) in [6.45, 7) is 9.87. The first-order valence-corrected chi connectivity index (χ1v) is 7.52. The number of nitrogens with one attached hydrogen (secondary N) is 1. The first-order valence-electron chi connectivity index (χ1n) is 7.52. The molecule has 4 heteroatoms. The topological polar surface area (TPSA) is 39.7 Å². The van der Waals surface area contributed by atoms with Gasteiger partial charge in [0.25, 0.3) is 0 Å². The first-order chi connectivity index (χ1) is 9.93. The van der Waals surface area contributed by atoms with Crippen molar-refractivity contribution in [3.8, 4) is 11.5 Å². The molecule has 0 aliphatic rings. The van der Waals surface area contributed by atoms with Crippen LogP contribution in [0.2, 0.25) is 0 Å². The van der Waals surface area contributed by atoms with Crippen LogP contribution in [-0.4, -0.2) is 33.0 Å². The number of methoxy groups -OCH3 is 2. The second-order valence-electron chi connectivity index (χ2n) is 5.75. The molecule has 0 heterocycles. The zero-order valence-electron chi connectivity index (χ0n) is 14.2. The van der Waals surface area contributed by atoms with E-state index in [1.807, 2.05) is 12.1 Å². The van der Waals surface area contributed by atoms with E-state index in [4.69, 9.17) is 14.2 Å². The number of benzene rings is 1. The van der Waals surface area contributed by atoms with Crippen molar-refractivity contribution in [2.45, 2.75) is 45.8 Å². The first kappa shape index (κ1) is 17.8. The van der Waals surface area contributed by atoms with Crippen LogP contribution in [-0.2, 0) is 4.74 Å². The molecule has 4 nitrogen and oxygen atoms in total. The standard InChI is InChI=1S/C17H29NO3/c1-7-18-13(2)14-8-9-15(16(12-14)19-5)21-11-10-17(3,4)20-6/h8-9,12-13,18H,7,10-11H2,1-6H3. The summed E-state index contributed by atoms with van der Waals surface area (Å²) in [5, 5.41) is 3.39. The van der Waals surface area contributed by atoms with Crippen LogP contribution in [0.1, 0.15) is 45.7 Å². The molecule has 0 saturated heterocycles. The maximum absolute atomic E-state index is 5.84. The highest BCUT2D eigenvalue weighted by atomic mass is 16.5.